The van der Waals surface area contributed by atoms with Gasteiger partial charge in [-0.25, -0.2) is 9.97 Å². The molecule has 0 spiro atoms. The highest BCUT2D eigenvalue weighted by molar-refractivity contribution is 5.98. The maximum absolute atomic E-state index is 12.5. The number of anilines is 2. The Balaban J connectivity index is 1.76. The van der Waals surface area contributed by atoms with Gasteiger partial charge in [-0.05, 0) is 29.8 Å². The molecule has 132 valence electrons. The Hall–Kier alpha value is -3.48. The van der Waals surface area contributed by atoms with Crippen molar-refractivity contribution in [3.63, 3.8) is 0 Å². The molecule has 0 fully saturated rings. The van der Waals surface area contributed by atoms with Gasteiger partial charge in [0.25, 0.3) is 5.91 Å². The van der Waals surface area contributed by atoms with Gasteiger partial charge in [0.1, 0.15) is 0 Å². The van der Waals surface area contributed by atoms with E-state index in [-0.39, 0.29) is 24.0 Å². The Morgan fingerprint density at radius 3 is 2.46 bits per heavy atom. The van der Waals surface area contributed by atoms with Crippen molar-refractivity contribution in [2.45, 2.75) is 13.5 Å². The molecular formula is C19H19N5O2. The molecule has 0 atom stereocenters. The summed E-state index contributed by atoms with van der Waals surface area (Å²) < 4.78 is 0. The van der Waals surface area contributed by atoms with Gasteiger partial charge in [-0.1, -0.05) is 24.3 Å². The summed E-state index contributed by atoms with van der Waals surface area (Å²) in [7, 11) is 1.70. The van der Waals surface area contributed by atoms with Crippen LogP contribution in [0.15, 0.2) is 48.5 Å². The van der Waals surface area contributed by atoms with Crippen molar-refractivity contribution in [2.75, 3.05) is 17.7 Å². The molecule has 0 radical (unpaired) electrons. The summed E-state index contributed by atoms with van der Waals surface area (Å²) in [6.45, 7) is 1.78. The molecule has 3 N–H and O–H groups in total. The lowest BCUT2D eigenvalue weighted by Gasteiger charge is -2.16. The highest BCUT2D eigenvalue weighted by Crippen LogP contribution is 2.16. The van der Waals surface area contributed by atoms with E-state index < -0.39 is 5.91 Å². The Bertz CT molecular complexity index is 987. The van der Waals surface area contributed by atoms with Gasteiger partial charge in [0.05, 0.1) is 11.0 Å². The monoisotopic (exact) mass is 349 g/mol. The highest BCUT2D eigenvalue weighted by Gasteiger charge is 2.14. The minimum atomic E-state index is -0.397. The van der Waals surface area contributed by atoms with Crippen LogP contribution >= 0.6 is 0 Å². The number of fused-ring (bicyclic) bond motifs is 1. The molecule has 0 unspecified atom stereocenters. The van der Waals surface area contributed by atoms with Crippen molar-refractivity contribution in [1.82, 2.24) is 15.3 Å². The molecule has 1 heterocycles. The topological polar surface area (TPSA) is 101 Å². The first kappa shape index (κ1) is 17.3. The predicted molar refractivity (Wildman–Crippen MR) is 101 cm³/mol. The van der Waals surface area contributed by atoms with Crippen molar-refractivity contribution >= 4 is 34.4 Å². The second kappa shape index (κ2) is 7.18. The van der Waals surface area contributed by atoms with Crippen LogP contribution in [-0.4, -0.2) is 28.8 Å². The maximum Gasteiger partial charge on any atom is 0.274 e. The van der Waals surface area contributed by atoms with Crippen molar-refractivity contribution in [3.05, 3.63) is 59.8 Å². The molecule has 2 aromatic carbocycles. The number of nitrogens with zero attached hydrogens (tertiary/aromatic N) is 3. The molecule has 26 heavy (non-hydrogen) atoms. The number of hydrogen-bond acceptors (Lipinski definition) is 5. The van der Waals surface area contributed by atoms with E-state index in [1.807, 2.05) is 36.4 Å². The molecule has 0 saturated carbocycles. The molecule has 3 aromatic rings. The summed E-state index contributed by atoms with van der Waals surface area (Å²) in [5, 5.41) is 2.79. The number of nitrogens with two attached hydrogens (primary N) is 1. The van der Waals surface area contributed by atoms with E-state index in [0.717, 1.165) is 11.3 Å². The molecule has 0 saturated heterocycles. The van der Waals surface area contributed by atoms with Crippen LogP contribution < -0.4 is 16.0 Å². The fraction of sp³-hybridized carbons (Fsp3) is 0.158. The molecule has 2 amide bonds. The fourth-order valence-electron chi connectivity index (χ4n) is 2.50. The van der Waals surface area contributed by atoms with E-state index in [9.17, 15) is 9.59 Å². The summed E-state index contributed by atoms with van der Waals surface area (Å²) in [6.07, 6.45) is 0. The molecule has 7 nitrogen and oxygen atoms in total. The van der Waals surface area contributed by atoms with E-state index in [2.05, 4.69) is 15.3 Å². The lowest BCUT2D eigenvalue weighted by molar-refractivity contribution is -0.116. The number of carbonyl (C=O) groups excluding carboxylic acids is 2. The fourth-order valence-corrected chi connectivity index (χ4v) is 2.50. The molecular weight excluding hydrogens is 330 g/mol. The summed E-state index contributed by atoms with van der Waals surface area (Å²) in [6, 6.07) is 14.6. The minimum absolute atomic E-state index is 0.0644. The zero-order valence-electron chi connectivity index (χ0n) is 14.6. The standard InChI is InChI=1S/C19H19N5O2/c1-12(25)24(2)14-7-5-6-13(10-14)11-21-19(26)17-18(20)23-16-9-4-3-8-15(16)22-17/h3-10H,11H2,1-2H3,(H2,20,23)(H,21,26). The first-order chi connectivity index (χ1) is 12.5. The Morgan fingerprint density at radius 1 is 1.08 bits per heavy atom. The number of nitrogen functional groups attached to an aromatic ring is 1. The third-order valence-electron chi connectivity index (χ3n) is 4.04. The van der Waals surface area contributed by atoms with Crippen LogP contribution in [0.2, 0.25) is 0 Å². The lowest BCUT2D eigenvalue weighted by atomic mass is 10.2. The Morgan fingerprint density at radius 2 is 1.77 bits per heavy atom. The zero-order valence-corrected chi connectivity index (χ0v) is 14.6. The second-order valence-electron chi connectivity index (χ2n) is 5.88. The first-order valence-corrected chi connectivity index (χ1v) is 8.09. The van der Waals surface area contributed by atoms with Crippen LogP contribution in [0.4, 0.5) is 11.5 Å². The van der Waals surface area contributed by atoms with Crippen molar-refractivity contribution in [2.24, 2.45) is 0 Å². The number of hydrogen-bond donors (Lipinski definition) is 2. The number of carbonyl (C=O) groups is 2. The van der Waals surface area contributed by atoms with Crippen LogP contribution in [0.5, 0.6) is 0 Å². The van der Waals surface area contributed by atoms with Crippen LogP contribution in [0.3, 0.4) is 0 Å². The molecule has 3 rings (SSSR count). The van der Waals surface area contributed by atoms with E-state index in [4.69, 9.17) is 5.73 Å². The summed E-state index contributed by atoms with van der Waals surface area (Å²) >= 11 is 0. The average Bonchev–Trinajstić information content (AvgIpc) is 2.65. The van der Waals surface area contributed by atoms with E-state index >= 15 is 0 Å². The van der Waals surface area contributed by atoms with E-state index in [1.54, 1.807) is 19.2 Å². The van der Waals surface area contributed by atoms with E-state index in [0.29, 0.717) is 11.0 Å². The third kappa shape index (κ3) is 3.61. The van der Waals surface area contributed by atoms with Crippen LogP contribution in [0.1, 0.15) is 23.0 Å². The second-order valence-corrected chi connectivity index (χ2v) is 5.88. The lowest BCUT2D eigenvalue weighted by Crippen LogP contribution is -2.26. The summed E-state index contributed by atoms with van der Waals surface area (Å²) in [5.41, 5.74) is 8.84. The number of amides is 2. The van der Waals surface area contributed by atoms with Crippen molar-refractivity contribution in [1.29, 1.82) is 0 Å². The van der Waals surface area contributed by atoms with Gasteiger partial charge >= 0.3 is 0 Å². The average molecular weight is 349 g/mol. The van der Waals surface area contributed by atoms with Crippen LogP contribution in [0, 0.1) is 0 Å². The molecule has 0 aliphatic heterocycles. The normalized spacial score (nSPS) is 10.5. The largest absolute Gasteiger partial charge is 0.382 e. The Kier molecular flexibility index (Phi) is 4.79. The number of benzene rings is 2. The van der Waals surface area contributed by atoms with Crippen LogP contribution in [0.25, 0.3) is 11.0 Å². The Labute approximate surface area is 150 Å². The molecule has 0 aliphatic carbocycles. The summed E-state index contributed by atoms with van der Waals surface area (Å²) in [5.74, 6) is -0.372. The molecule has 0 bridgehead atoms. The number of nitrogens with one attached hydrogen (secondary N) is 1. The highest BCUT2D eigenvalue weighted by atomic mass is 16.2. The minimum Gasteiger partial charge on any atom is -0.382 e. The molecule has 0 aliphatic rings. The van der Waals surface area contributed by atoms with Crippen LogP contribution in [-0.2, 0) is 11.3 Å². The van der Waals surface area contributed by atoms with Gasteiger partial charge in [0, 0.05) is 26.2 Å². The van der Waals surface area contributed by atoms with Gasteiger partial charge in [-0.3, -0.25) is 9.59 Å². The van der Waals surface area contributed by atoms with Gasteiger partial charge in [-0.2, -0.15) is 0 Å². The van der Waals surface area contributed by atoms with Crippen molar-refractivity contribution < 1.29 is 9.59 Å². The number of aromatic nitrogens is 2. The number of para-hydroxylation sites is 2. The first-order valence-electron chi connectivity index (χ1n) is 8.09. The van der Waals surface area contributed by atoms with Gasteiger partial charge < -0.3 is 16.0 Å². The van der Waals surface area contributed by atoms with Gasteiger partial charge in [-0.15, -0.1) is 0 Å². The van der Waals surface area contributed by atoms with Crippen molar-refractivity contribution in [3.8, 4) is 0 Å². The SMILES string of the molecule is CC(=O)N(C)c1cccc(CNC(=O)c2nc3ccccc3nc2N)c1. The van der Waals surface area contributed by atoms with Gasteiger partial charge in [0.2, 0.25) is 5.91 Å². The predicted octanol–water partition coefficient (Wildman–Crippen LogP) is 2.12. The van der Waals surface area contributed by atoms with E-state index in [1.165, 1.54) is 11.8 Å². The smallest absolute Gasteiger partial charge is 0.274 e. The summed E-state index contributed by atoms with van der Waals surface area (Å²) in [4.78, 5) is 34.0. The maximum atomic E-state index is 12.5. The quantitative estimate of drug-likeness (QED) is 0.751. The molecule has 1 aromatic heterocycles. The molecule has 7 heteroatoms. The zero-order chi connectivity index (χ0) is 18.7. The van der Waals surface area contributed by atoms with Gasteiger partial charge in [0.15, 0.2) is 11.5 Å². The number of rotatable bonds is 4. The third-order valence-corrected chi connectivity index (χ3v) is 4.04.